The molecule has 0 bridgehead atoms. The van der Waals surface area contributed by atoms with Crippen molar-refractivity contribution < 1.29 is 22.8 Å². The molecule has 0 fully saturated rings. The first kappa shape index (κ1) is 18.7. The van der Waals surface area contributed by atoms with Crippen LogP contribution in [0.25, 0.3) is 11.4 Å². The van der Waals surface area contributed by atoms with Crippen molar-refractivity contribution in [2.24, 2.45) is 0 Å². The molecular weight excluding hydrogens is 387 g/mol. The topological polar surface area (TPSA) is 88.9 Å². The molecule has 0 aliphatic carbocycles. The number of halogens is 3. The zero-order valence-corrected chi connectivity index (χ0v) is 14.8. The van der Waals surface area contributed by atoms with Gasteiger partial charge in [-0.05, 0) is 18.2 Å². The van der Waals surface area contributed by atoms with Crippen LogP contribution >= 0.6 is 0 Å². The molecule has 10 heteroatoms. The summed E-state index contributed by atoms with van der Waals surface area (Å²) in [4.78, 5) is 28.8. The average molecular weight is 401 g/mol. The monoisotopic (exact) mass is 401 g/mol. The quantitative estimate of drug-likeness (QED) is 0.701. The second kappa shape index (κ2) is 7.04. The van der Waals surface area contributed by atoms with Crippen LogP contribution in [0, 0.1) is 0 Å². The summed E-state index contributed by atoms with van der Waals surface area (Å²) in [5, 5.41) is 9.24. The van der Waals surface area contributed by atoms with E-state index in [1.807, 2.05) is 30.3 Å². The molecule has 1 aliphatic rings. The highest BCUT2D eigenvalue weighted by Gasteiger charge is 2.35. The van der Waals surface area contributed by atoms with E-state index in [0.29, 0.717) is 5.82 Å². The Labute approximate surface area is 162 Å². The Bertz CT molecular complexity index is 1080. The minimum absolute atomic E-state index is 0.00739. The third kappa shape index (κ3) is 3.82. The van der Waals surface area contributed by atoms with Crippen LogP contribution < -0.4 is 10.6 Å². The van der Waals surface area contributed by atoms with E-state index >= 15 is 0 Å². The molecule has 0 radical (unpaired) electrons. The first-order chi connectivity index (χ1) is 13.8. The molecule has 2 amide bonds. The summed E-state index contributed by atoms with van der Waals surface area (Å²) in [6.07, 6.45) is -4.82. The molecule has 0 unspecified atom stereocenters. The van der Waals surface area contributed by atoms with Gasteiger partial charge in [-0.15, -0.1) is 5.10 Å². The van der Waals surface area contributed by atoms with Gasteiger partial charge in [0.05, 0.1) is 12.0 Å². The molecule has 2 heterocycles. The maximum atomic E-state index is 12.8. The fourth-order valence-corrected chi connectivity index (χ4v) is 2.98. The van der Waals surface area contributed by atoms with Crippen LogP contribution in [0.15, 0.2) is 54.6 Å². The number of fused-ring (bicyclic) bond motifs is 1. The highest BCUT2D eigenvalue weighted by molar-refractivity contribution is 6.01. The number of nitrogens with zero attached hydrogens (tertiary/aromatic N) is 3. The number of carbonyl (C=O) groups excluding carboxylic acids is 2. The second-order valence-electron chi connectivity index (χ2n) is 6.41. The molecule has 3 aromatic rings. The molecule has 29 heavy (non-hydrogen) atoms. The Morgan fingerprint density at radius 3 is 2.62 bits per heavy atom. The van der Waals surface area contributed by atoms with Gasteiger partial charge in [0, 0.05) is 11.3 Å². The number of anilines is 2. The van der Waals surface area contributed by atoms with Crippen LogP contribution in [0.1, 0.15) is 18.0 Å². The first-order valence-corrected chi connectivity index (χ1v) is 8.61. The Morgan fingerprint density at radius 1 is 1.14 bits per heavy atom. The summed E-state index contributed by atoms with van der Waals surface area (Å²) in [7, 11) is 0. The van der Waals surface area contributed by atoms with Crippen LogP contribution in [0.3, 0.4) is 0 Å². The van der Waals surface area contributed by atoms with Crippen molar-refractivity contribution in [1.29, 1.82) is 0 Å². The van der Waals surface area contributed by atoms with Crippen LogP contribution in [0.5, 0.6) is 0 Å². The molecule has 1 aromatic heterocycles. The summed E-state index contributed by atoms with van der Waals surface area (Å²) in [5.74, 6) is -0.470. The molecule has 2 aromatic carbocycles. The number of nitrogens with one attached hydrogen (secondary N) is 2. The lowest BCUT2D eigenvalue weighted by molar-refractivity contribution is -0.137. The van der Waals surface area contributed by atoms with E-state index in [0.717, 1.165) is 17.7 Å². The van der Waals surface area contributed by atoms with E-state index in [1.165, 1.54) is 16.8 Å². The third-order valence-electron chi connectivity index (χ3n) is 4.35. The standard InChI is InChI=1S/C19H14F3N5O2/c20-19(21,22)12-7-4-8-13(9-12)23-15(28)10-14-17(29)25-18-24-16(26-27(14)18)11-5-2-1-3-6-11/h1-9,14H,10H2,(H,23,28)(H,24,25,26,29)/t14-/m0/s1. The minimum atomic E-state index is -4.52. The number of amides is 2. The van der Waals surface area contributed by atoms with Crippen LogP contribution in [-0.4, -0.2) is 26.6 Å². The van der Waals surface area contributed by atoms with Gasteiger partial charge in [-0.25, -0.2) is 4.68 Å². The molecular formula is C19H14F3N5O2. The van der Waals surface area contributed by atoms with Crippen molar-refractivity contribution in [2.45, 2.75) is 18.6 Å². The lowest BCUT2D eigenvalue weighted by atomic mass is 10.1. The number of hydrogen-bond donors (Lipinski definition) is 2. The Hall–Kier alpha value is -3.69. The zero-order chi connectivity index (χ0) is 20.6. The van der Waals surface area contributed by atoms with Gasteiger partial charge in [-0.2, -0.15) is 18.2 Å². The maximum absolute atomic E-state index is 12.8. The van der Waals surface area contributed by atoms with Crippen LogP contribution in [0.4, 0.5) is 24.8 Å². The lowest BCUT2D eigenvalue weighted by Gasteiger charge is -2.12. The van der Waals surface area contributed by atoms with E-state index in [9.17, 15) is 22.8 Å². The Balaban J connectivity index is 1.50. The SMILES string of the molecule is O=C(C[C@H]1C(=O)Nc2nc(-c3ccccc3)nn21)Nc1cccc(C(F)(F)F)c1. The van der Waals surface area contributed by atoms with Gasteiger partial charge in [0.15, 0.2) is 5.82 Å². The van der Waals surface area contributed by atoms with E-state index in [-0.39, 0.29) is 18.1 Å². The van der Waals surface area contributed by atoms with E-state index in [4.69, 9.17) is 0 Å². The van der Waals surface area contributed by atoms with Crippen molar-refractivity contribution >= 4 is 23.5 Å². The minimum Gasteiger partial charge on any atom is -0.326 e. The predicted molar refractivity (Wildman–Crippen MR) is 97.8 cm³/mol. The van der Waals surface area contributed by atoms with Crippen molar-refractivity contribution in [1.82, 2.24) is 14.8 Å². The van der Waals surface area contributed by atoms with Crippen LogP contribution in [0.2, 0.25) is 0 Å². The van der Waals surface area contributed by atoms with Gasteiger partial charge in [0.1, 0.15) is 6.04 Å². The van der Waals surface area contributed by atoms with Crippen LogP contribution in [-0.2, 0) is 15.8 Å². The van der Waals surface area contributed by atoms with Crippen molar-refractivity contribution in [3.8, 4) is 11.4 Å². The molecule has 1 aliphatic heterocycles. The maximum Gasteiger partial charge on any atom is 0.416 e. The molecule has 1 atom stereocenters. The Kier molecular flexibility index (Phi) is 4.53. The van der Waals surface area contributed by atoms with Crippen molar-refractivity contribution in [3.05, 3.63) is 60.2 Å². The summed E-state index contributed by atoms with van der Waals surface area (Å²) in [5.41, 5.74) is -0.136. The van der Waals surface area contributed by atoms with Gasteiger partial charge < -0.3 is 5.32 Å². The highest BCUT2D eigenvalue weighted by Crippen LogP contribution is 2.31. The number of rotatable bonds is 4. The molecule has 4 rings (SSSR count). The zero-order valence-electron chi connectivity index (χ0n) is 14.8. The van der Waals surface area contributed by atoms with E-state index in [2.05, 4.69) is 20.7 Å². The molecule has 0 saturated carbocycles. The van der Waals surface area contributed by atoms with Gasteiger partial charge >= 0.3 is 6.18 Å². The molecule has 7 nitrogen and oxygen atoms in total. The van der Waals surface area contributed by atoms with Crippen molar-refractivity contribution in [3.63, 3.8) is 0 Å². The summed E-state index contributed by atoms with van der Waals surface area (Å²) >= 11 is 0. The normalized spacial score (nSPS) is 15.7. The predicted octanol–water partition coefficient (Wildman–Crippen LogP) is 3.49. The van der Waals surface area contributed by atoms with E-state index in [1.54, 1.807) is 0 Å². The van der Waals surface area contributed by atoms with Gasteiger partial charge in [0.2, 0.25) is 11.9 Å². The summed E-state index contributed by atoms with van der Waals surface area (Å²) in [6, 6.07) is 12.4. The number of aromatic nitrogens is 3. The average Bonchev–Trinajstić information content (AvgIpc) is 3.21. The fourth-order valence-electron chi connectivity index (χ4n) is 2.98. The highest BCUT2D eigenvalue weighted by atomic mass is 19.4. The Morgan fingerprint density at radius 2 is 1.90 bits per heavy atom. The number of benzene rings is 2. The number of hydrogen-bond acceptors (Lipinski definition) is 4. The summed E-state index contributed by atoms with van der Waals surface area (Å²) < 4.78 is 39.7. The van der Waals surface area contributed by atoms with Gasteiger partial charge in [-0.3, -0.25) is 14.9 Å². The number of carbonyl (C=O) groups is 2. The van der Waals surface area contributed by atoms with Gasteiger partial charge in [-0.1, -0.05) is 36.4 Å². The third-order valence-corrected chi connectivity index (χ3v) is 4.35. The lowest BCUT2D eigenvalue weighted by Crippen LogP contribution is -2.24. The summed E-state index contributed by atoms with van der Waals surface area (Å²) in [6.45, 7) is 0. The second-order valence-corrected chi connectivity index (χ2v) is 6.41. The molecule has 0 spiro atoms. The van der Waals surface area contributed by atoms with Gasteiger partial charge in [0.25, 0.3) is 5.91 Å². The van der Waals surface area contributed by atoms with Crippen molar-refractivity contribution in [2.75, 3.05) is 10.6 Å². The molecule has 0 saturated heterocycles. The largest absolute Gasteiger partial charge is 0.416 e. The molecule has 2 N–H and O–H groups in total. The smallest absolute Gasteiger partial charge is 0.326 e. The number of alkyl halides is 3. The molecule has 148 valence electrons. The first-order valence-electron chi connectivity index (χ1n) is 8.61. The van der Waals surface area contributed by atoms with E-state index < -0.39 is 29.6 Å². The fraction of sp³-hybridized carbons (Fsp3) is 0.158.